The molecule has 0 aliphatic heterocycles. The highest BCUT2D eigenvalue weighted by atomic mass is 79.9. The lowest BCUT2D eigenvalue weighted by atomic mass is 9.90. The molecule has 1 saturated carbocycles. The maximum atomic E-state index is 12.2. The van der Waals surface area contributed by atoms with Gasteiger partial charge in [-0.15, -0.1) is 0 Å². The molecule has 0 atom stereocenters. The number of hydrogen-bond acceptors (Lipinski definition) is 4. The first kappa shape index (κ1) is 15.5. The number of anilines is 1. The summed E-state index contributed by atoms with van der Waals surface area (Å²) in [7, 11) is 0. The quantitative estimate of drug-likeness (QED) is 0.910. The smallest absolute Gasteiger partial charge is 0.283 e. The van der Waals surface area contributed by atoms with Gasteiger partial charge in [-0.05, 0) is 55.5 Å². The Labute approximate surface area is 128 Å². The van der Waals surface area contributed by atoms with Crippen molar-refractivity contribution in [3.05, 3.63) is 21.0 Å². The van der Waals surface area contributed by atoms with Crippen molar-refractivity contribution in [2.75, 3.05) is 11.4 Å². The van der Waals surface area contributed by atoms with E-state index in [0.29, 0.717) is 23.1 Å². The monoisotopic (exact) mass is 342 g/mol. The third-order valence-electron chi connectivity index (χ3n) is 4.10. The van der Waals surface area contributed by atoms with E-state index in [1.807, 2.05) is 6.92 Å². The number of nitrogens with zero attached hydrogens (tertiary/aromatic N) is 3. The van der Waals surface area contributed by atoms with Crippen molar-refractivity contribution >= 4 is 21.6 Å². The number of aryl methyl sites for hydroxylation is 1. The highest BCUT2D eigenvalue weighted by Crippen LogP contribution is 2.29. The lowest BCUT2D eigenvalue weighted by Crippen LogP contribution is -2.42. The predicted molar refractivity (Wildman–Crippen MR) is 85.1 cm³/mol. The van der Waals surface area contributed by atoms with Gasteiger partial charge in [0.05, 0.1) is 11.9 Å². The molecule has 1 fully saturated rings. The van der Waals surface area contributed by atoms with E-state index in [4.69, 9.17) is 5.73 Å². The van der Waals surface area contributed by atoms with Gasteiger partial charge in [0.15, 0.2) is 0 Å². The summed E-state index contributed by atoms with van der Waals surface area (Å²) in [5.74, 6) is 0. The Kier molecular flexibility index (Phi) is 5.21. The lowest BCUT2D eigenvalue weighted by molar-refractivity contribution is 0.377. The van der Waals surface area contributed by atoms with Crippen molar-refractivity contribution < 1.29 is 0 Å². The van der Waals surface area contributed by atoms with E-state index in [0.717, 1.165) is 37.9 Å². The molecule has 112 valence electrons. The van der Waals surface area contributed by atoms with Crippen LogP contribution in [0.4, 0.5) is 5.69 Å². The number of nitrogens with two attached hydrogens (primary N) is 1. The van der Waals surface area contributed by atoms with Gasteiger partial charge in [0.1, 0.15) is 4.47 Å². The number of halogens is 1. The fourth-order valence-corrected chi connectivity index (χ4v) is 3.46. The average Bonchev–Trinajstić information content (AvgIpc) is 2.46. The second-order valence-electron chi connectivity index (χ2n) is 5.32. The van der Waals surface area contributed by atoms with E-state index < -0.39 is 0 Å². The topological polar surface area (TPSA) is 64.2 Å². The van der Waals surface area contributed by atoms with Crippen molar-refractivity contribution in [1.29, 1.82) is 0 Å². The van der Waals surface area contributed by atoms with E-state index in [-0.39, 0.29) is 5.56 Å². The molecule has 0 aromatic carbocycles. The maximum absolute atomic E-state index is 12.2. The predicted octanol–water partition coefficient (Wildman–Crippen LogP) is 2.12. The number of hydrogen-bond donors (Lipinski definition) is 1. The second kappa shape index (κ2) is 6.72. The molecule has 6 heteroatoms. The van der Waals surface area contributed by atoms with Crippen LogP contribution in [-0.2, 0) is 6.54 Å². The molecule has 0 spiro atoms. The third-order valence-corrected chi connectivity index (χ3v) is 4.84. The molecule has 0 radical (unpaired) electrons. The summed E-state index contributed by atoms with van der Waals surface area (Å²) >= 11 is 3.45. The molecule has 1 aromatic rings. The van der Waals surface area contributed by atoms with Crippen LogP contribution >= 0.6 is 15.9 Å². The first-order valence-corrected chi connectivity index (χ1v) is 8.15. The molecule has 1 aliphatic carbocycles. The summed E-state index contributed by atoms with van der Waals surface area (Å²) in [6.45, 7) is 5.49. The fraction of sp³-hybridized carbons (Fsp3) is 0.714. The van der Waals surface area contributed by atoms with Crippen LogP contribution in [0.25, 0.3) is 0 Å². The zero-order valence-electron chi connectivity index (χ0n) is 12.2. The van der Waals surface area contributed by atoms with Crippen LogP contribution < -0.4 is 16.2 Å². The van der Waals surface area contributed by atoms with Crippen molar-refractivity contribution in [3.63, 3.8) is 0 Å². The highest BCUT2D eigenvalue weighted by molar-refractivity contribution is 9.10. The zero-order chi connectivity index (χ0) is 14.7. The lowest BCUT2D eigenvalue weighted by Gasteiger charge is -2.37. The molecular weight excluding hydrogens is 320 g/mol. The molecule has 0 unspecified atom stereocenters. The molecule has 2 rings (SSSR count). The molecule has 2 N–H and O–H groups in total. The van der Waals surface area contributed by atoms with E-state index >= 15 is 0 Å². The van der Waals surface area contributed by atoms with Gasteiger partial charge >= 0.3 is 0 Å². The molecular formula is C14H23BrN4O. The van der Waals surface area contributed by atoms with Gasteiger partial charge in [-0.1, -0.05) is 0 Å². The first-order chi connectivity index (χ1) is 9.58. The Morgan fingerprint density at radius 2 is 2.05 bits per heavy atom. The van der Waals surface area contributed by atoms with E-state index in [2.05, 4.69) is 32.9 Å². The Bertz CT molecular complexity index is 508. The number of aromatic nitrogens is 2. The molecule has 5 nitrogen and oxygen atoms in total. The second-order valence-corrected chi connectivity index (χ2v) is 6.11. The molecule has 1 aliphatic rings. The van der Waals surface area contributed by atoms with E-state index in [1.54, 1.807) is 6.20 Å². The Morgan fingerprint density at radius 3 is 2.60 bits per heavy atom. The Hall–Kier alpha value is -0.880. The summed E-state index contributed by atoms with van der Waals surface area (Å²) < 4.78 is 2.09. The summed E-state index contributed by atoms with van der Waals surface area (Å²) in [6.07, 6.45) is 6.07. The molecule has 0 bridgehead atoms. The first-order valence-electron chi connectivity index (χ1n) is 7.36. The largest absolute Gasteiger partial charge is 0.366 e. The normalized spacial score (nSPS) is 22.8. The minimum Gasteiger partial charge on any atom is -0.366 e. The zero-order valence-corrected chi connectivity index (χ0v) is 13.8. The van der Waals surface area contributed by atoms with Gasteiger partial charge in [0, 0.05) is 25.2 Å². The summed E-state index contributed by atoms with van der Waals surface area (Å²) in [5.41, 5.74) is 6.82. The van der Waals surface area contributed by atoms with Crippen molar-refractivity contribution in [2.45, 2.75) is 58.2 Å². The minimum absolute atomic E-state index is 0.0593. The van der Waals surface area contributed by atoms with Crippen LogP contribution in [0.15, 0.2) is 15.5 Å². The Morgan fingerprint density at radius 1 is 1.40 bits per heavy atom. The Balaban J connectivity index is 2.28. The van der Waals surface area contributed by atoms with Gasteiger partial charge < -0.3 is 10.6 Å². The molecule has 0 saturated heterocycles. The minimum atomic E-state index is -0.0593. The van der Waals surface area contributed by atoms with Crippen LogP contribution in [0.1, 0.15) is 39.5 Å². The van der Waals surface area contributed by atoms with Gasteiger partial charge in [-0.25, -0.2) is 4.68 Å². The van der Waals surface area contributed by atoms with Crippen LogP contribution in [0.2, 0.25) is 0 Å². The molecule has 20 heavy (non-hydrogen) atoms. The summed E-state index contributed by atoms with van der Waals surface area (Å²) in [6, 6.07) is 0.786. The van der Waals surface area contributed by atoms with Gasteiger partial charge in [0.2, 0.25) is 0 Å². The standard InChI is InChI=1S/C14H23BrN4O/c1-3-18(11-7-5-10(16)6-8-11)12-9-17-19(4-2)14(20)13(12)15/h9-11H,3-8,16H2,1-2H3. The summed E-state index contributed by atoms with van der Waals surface area (Å²) in [4.78, 5) is 14.5. The van der Waals surface area contributed by atoms with Gasteiger partial charge in [0.25, 0.3) is 5.56 Å². The van der Waals surface area contributed by atoms with E-state index in [9.17, 15) is 4.79 Å². The maximum Gasteiger partial charge on any atom is 0.283 e. The van der Waals surface area contributed by atoms with Crippen molar-refractivity contribution in [3.8, 4) is 0 Å². The number of rotatable bonds is 4. The summed E-state index contributed by atoms with van der Waals surface area (Å²) in [5, 5.41) is 4.24. The van der Waals surface area contributed by atoms with Gasteiger partial charge in [-0.2, -0.15) is 5.10 Å². The van der Waals surface area contributed by atoms with Crippen molar-refractivity contribution in [2.24, 2.45) is 5.73 Å². The van der Waals surface area contributed by atoms with Crippen LogP contribution in [-0.4, -0.2) is 28.4 Å². The molecule has 1 aromatic heterocycles. The van der Waals surface area contributed by atoms with Crippen LogP contribution in [0.3, 0.4) is 0 Å². The fourth-order valence-electron chi connectivity index (χ4n) is 2.92. The molecule has 1 heterocycles. The van der Waals surface area contributed by atoms with E-state index in [1.165, 1.54) is 4.68 Å². The van der Waals surface area contributed by atoms with Crippen LogP contribution in [0, 0.1) is 0 Å². The third kappa shape index (κ3) is 3.06. The van der Waals surface area contributed by atoms with Crippen molar-refractivity contribution in [1.82, 2.24) is 9.78 Å². The van der Waals surface area contributed by atoms with Gasteiger partial charge in [-0.3, -0.25) is 4.79 Å². The van der Waals surface area contributed by atoms with Crippen LogP contribution in [0.5, 0.6) is 0 Å². The average molecular weight is 343 g/mol. The highest BCUT2D eigenvalue weighted by Gasteiger charge is 2.25. The molecule has 0 amide bonds. The SMILES string of the molecule is CCN(c1cnn(CC)c(=O)c1Br)C1CCC(N)CC1.